The van der Waals surface area contributed by atoms with E-state index in [1.165, 1.54) is 37.0 Å². The van der Waals surface area contributed by atoms with Crippen LogP contribution in [-0.2, 0) is 18.9 Å². The Morgan fingerprint density at radius 3 is 2.52 bits per heavy atom. The van der Waals surface area contributed by atoms with Gasteiger partial charge in [-0.1, -0.05) is 17.7 Å². The van der Waals surface area contributed by atoms with Gasteiger partial charge in [-0.25, -0.2) is 9.59 Å². The van der Waals surface area contributed by atoms with E-state index < -0.39 is 17.2 Å². The van der Waals surface area contributed by atoms with Gasteiger partial charge >= 0.3 is 11.7 Å². The molecule has 0 aliphatic rings. The van der Waals surface area contributed by atoms with Gasteiger partial charge < -0.3 is 9.30 Å². The number of ether oxygens (including phenoxy) is 1. The number of hydrogen-bond acceptors (Lipinski definition) is 4. The SMILES string of the molecule is Cc1ccc(OC(=O)/C=C/c2cn(C)c(=O)n(C)c2=O)c(C)c1. The fourth-order valence-corrected chi connectivity index (χ4v) is 2.16. The van der Waals surface area contributed by atoms with Crippen molar-refractivity contribution < 1.29 is 9.53 Å². The van der Waals surface area contributed by atoms with Crippen LogP contribution in [0, 0.1) is 13.8 Å². The minimum absolute atomic E-state index is 0.229. The molecule has 1 heterocycles. The van der Waals surface area contributed by atoms with Crippen LogP contribution in [0.15, 0.2) is 40.1 Å². The molecule has 6 heteroatoms. The van der Waals surface area contributed by atoms with Gasteiger partial charge in [0.2, 0.25) is 0 Å². The topological polar surface area (TPSA) is 70.3 Å². The summed E-state index contributed by atoms with van der Waals surface area (Å²) in [5.74, 6) is -0.119. The second-order valence-corrected chi connectivity index (χ2v) is 5.37. The third kappa shape index (κ3) is 3.66. The minimum atomic E-state index is -0.590. The predicted octanol–water partition coefficient (Wildman–Crippen LogP) is 1.32. The van der Waals surface area contributed by atoms with Crippen LogP contribution in [0.3, 0.4) is 0 Å². The number of aryl methyl sites for hydroxylation is 3. The number of benzene rings is 1. The summed E-state index contributed by atoms with van der Waals surface area (Å²) in [5.41, 5.74) is 1.26. The number of rotatable bonds is 3. The normalized spacial score (nSPS) is 11.0. The van der Waals surface area contributed by atoms with Crippen molar-refractivity contribution in [1.82, 2.24) is 9.13 Å². The molecule has 0 saturated carbocycles. The van der Waals surface area contributed by atoms with Gasteiger partial charge in [-0.3, -0.25) is 9.36 Å². The fourth-order valence-electron chi connectivity index (χ4n) is 2.16. The smallest absolute Gasteiger partial charge is 0.336 e. The molecule has 0 aliphatic heterocycles. The highest BCUT2D eigenvalue weighted by Crippen LogP contribution is 2.18. The molecule has 0 bridgehead atoms. The summed E-state index contributed by atoms with van der Waals surface area (Å²) < 4.78 is 7.50. The molecule has 23 heavy (non-hydrogen) atoms. The van der Waals surface area contributed by atoms with E-state index in [4.69, 9.17) is 4.74 Å². The van der Waals surface area contributed by atoms with Crippen LogP contribution in [-0.4, -0.2) is 15.1 Å². The second-order valence-electron chi connectivity index (χ2n) is 5.37. The standard InChI is InChI=1S/C17H18N2O4/c1-11-5-7-14(12(2)9-11)23-15(20)8-6-13-10-18(3)17(22)19(4)16(13)21/h5-10H,1-4H3/b8-6+. The molecule has 2 rings (SSSR count). The van der Waals surface area contributed by atoms with E-state index in [-0.39, 0.29) is 5.56 Å². The zero-order chi connectivity index (χ0) is 17.1. The van der Waals surface area contributed by atoms with Crippen molar-refractivity contribution in [1.29, 1.82) is 0 Å². The zero-order valence-electron chi connectivity index (χ0n) is 13.5. The van der Waals surface area contributed by atoms with Crippen molar-refractivity contribution in [2.24, 2.45) is 14.1 Å². The van der Waals surface area contributed by atoms with E-state index in [9.17, 15) is 14.4 Å². The van der Waals surface area contributed by atoms with Crippen molar-refractivity contribution in [3.8, 4) is 5.75 Å². The number of hydrogen-bond donors (Lipinski definition) is 0. The van der Waals surface area contributed by atoms with Gasteiger partial charge in [0.25, 0.3) is 5.56 Å². The first-order chi connectivity index (χ1) is 10.8. The maximum Gasteiger partial charge on any atom is 0.336 e. The predicted molar refractivity (Wildman–Crippen MR) is 87.5 cm³/mol. The van der Waals surface area contributed by atoms with E-state index in [2.05, 4.69) is 0 Å². The van der Waals surface area contributed by atoms with Gasteiger partial charge in [-0.15, -0.1) is 0 Å². The van der Waals surface area contributed by atoms with Crippen molar-refractivity contribution >= 4 is 12.0 Å². The lowest BCUT2D eigenvalue weighted by Gasteiger charge is -2.06. The summed E-state index contributed by atoms with van der Waals surface area (Å²) in [6, 6.07) is 5.48. The molecule has 0 amide bonds. The van der Waals surface area contributed by atoms with Gasteiger partial charge in [0.1, 0.15) is 5.75 Å². The van der Waals surface area contributed by atoms with Crippen molar-refractivity contribution in [3.63, 3.8) is 0 Å². The van der Waals surface area contributed by atoms with Gasteiger partial charge in [0, 0.05) is 26.4 Å². The van der Waals surface area contributed by atoms with E-state index in [0.717, 1.165) is 15.7 Å². The molecule has 0 saturated heterocycles. The largest absolute Gasteiger partial charge is 0.423 e. The molecule has 0 fully saturated rings. The summed E-state index contributed by atoms with van der Waals surface area (Å²) >= 11 is 0. The van der Waals surface area contributed by atoms with E-state index in [1.807, 2.05) is 26.0 Å². The van der Waals surface area contributed by atoms with Crippen molar-refractivity contribution in [2.75, 3.05) is 0 Å². The van der Waals surface area contributed by atoms with Gasteiger partial charge in [-0.2, -0.15) is 0 Å². The molecular formula is C17H18N2O4. The molecule has 1 aromatic heterocycles. The van der Waals surface area contributed by atoms with Gasteiger partial charge in [0.15, 0.2) is 0 Å². The number of nitrogens with zero attached hydrogens (tertiary/aromatic N) is 2. The maximum absolute atomic E-state index is 12.0. The van der Waals surface area contributed by atoms with Crippen LogP contribution in [0.25, 0.3) is 6.08 Å². The van der Waals surface area contributed by atoms with Gasteiger partial charge in [-0.05, 0) is 31.6 Å². The van der Waals surface area contributed by atoms with Gasteiger partial charge in [0.05, 0.1) is 5.56 Å². The first-order valence-electron chi connectivity index (χ1n) is 7.03. The summed E-state index contributed by atoms with van der Waals surface area (Å²) in [7, 11) is 2.92. The molecule has 0 aliphatic carbocycles. The van der Waals surface area contributed by atoms with Crippen molar-refractivity contribution in [3.05, 3.63) is 68.0 Å². The van der Waals surface area contributed by atoms with Crippen LogP contribution in [0.5, 0.6) is 5.75 Å². The lowest BCUT2D eigenvalue weighted by molar-refractivity contribution is -0.128. The van der Waals surface area contributed by atoms with Crippen LogP contribution >= 0.6 is 0 Å². The lowest BCUT2D eigenvalue weighted by Crippen LogP contribution is -2.37. The van der Waals surface area contributed by atoms with Crippen LogP contribution in [0.1, 0.15) is 16.7 Å². The van der Waals surface area contributed by atoms with E-state index in [0.29, 0.717) is 5.75 Å². The average Bonchev–Trinajstić information content (AvgIpc) is 2.50. The number of carbonyl (C=O) groups excluding carboxylic acids is 1. The molecule has 120 valence electrons. The molecule has 0 unspecified atom stereocenters. The highest BCUT2D eigenvalue weighted by molar-refractivity contribution is 5.88. The first-order valence-corrected chi connectivity index (χ1v) is 7.03. The minimum Gasteiger partial charge on any atom is -0.423 e. The summed E-state index contributed by atoms with van der Waals surface area (Å²) in [4.78, 5) is 35.4. The molecule has 6 nitrogen and oxygen atoms in total. The number of carbonyl (C=O) groups is 1. The Morgan fingerprint density at radius 2 is 1.87 bits per heavy atom. The molecule has 0 N–H and O–H groups in total. The Labute approximate surface area is 133 Å². The Bertz CT molecular complexity index is 904. The fraction of sp³-hybridized carbons (Fsp3) is 0.235. The Balaban J connectivity index is 2.22. The number of aromatic nitrogens is 2. The van der Waals surface area contributed by atoms with Crippen LogP contribution in [0.2, 0.25) is 0 Å². The Hall–Kier alpha value is -2.89. The quantitative estimate of drug-likeness (QED) is 0.487. The first kappa shape index (κ1) is 16.5. The third-order valence-electron chi connectivity index (χ3n) is 3.41. The summed E-state index contributed by atoms with van der Waals surface area (Å²) in [6.07, 6.45) is 3.89. The average molecular weight is 314 g/mol. The van der Waals surface area contributed by atoms with Crippen LogP contribution < -0.4 is 16.0 Å². The highest BCUT2D eigenvalue weighted by Gasteiger charge is 2.07. The maximum atomic E-state index is 12.0. The van der Waals surface area contributed by atoms with E-state index in [1.54, 1.807) is 6.07 Å². The third-order valence-corrected chi connectivity index (χ3v) is 3.41. The molecule has 0 atom stereocenters. The van der Waals surface area contributed by atoms with E-state index >= 15 is 0 Å². The molecule has 0 spiro atoms. The molecule has 0 radical (unpaired) electrons. The Morgan fingerprint density at radius 1 is 1.17 bits per heavy atom. The lowest BCUT2D eigenvalue weighted by atomic mass is 10.1. The molecular weight excluding hydrogens is 296 g/mol. The monoisotopic (exact) mass is 314 g/mol. The molecule has 2 aromatic rings. The Kier molecular flexibility index (Phi) is 4.64. The summed E-state index contributed by atoms with van der Waals surface area (Å²) in [6.45, 7) is 3.80. The van der Waals surface area contributed by atoms with Crippen molar-refractivity contribution in [2.45, 2.75) is 13.8 Å². The zero-order valence-corrected chi connectivity index (χ0v) is 13.5. The molecule has 1 aromatic carbocycles. The highest BCUT2D eigenvalue weighted by atomic mass is 16.5. The summed E-state index contributed by atoms with van der Waals surface area (Å²) in [5, 5.41) is 0. The van der Waals surface area contributed by atoms with Crippen LogP contribution in [0.4, 0.5) is 0 Å². The number of esters is 1. The second kappa shape index (κ2) is 6.48.